The van der Waals surface area contributed by atoms with E-state index in [2.05, 4.69) is 33.8 Å². The highest BCUT2D eigenvalue weighted by atomic mass is 16.2. The van der Waals surface area contributed by atoms with Gasteiger partial charge in [0.25, 0.3) is 0 Å². The molecule has 1 aliphatic rings. The van der Waals surface area contributed by atoms with Crippen LogP contribution >= 0.6 is 0 Å². The van der Waals surface area contributed by atoms with Crippen molar-refractivity contribution in [2.24, 2.45) is 0 Å². The van der Waals surface area contributed by atoms with Gasteiger partial charge in [-0.1, -0.05) is 67.8 Å². The van der Waals surface area contributed by atoms with E-state index >= 15 is 0 Å². The topological polar surface area (TPSA) is 100 Å². The minimum Gasteiger partial charge on any atom is -0.384 e. The number of carbonyl (C=O) groups excluding carboxylic acids is 2. The van der Waals surface area contributed by atoms with Crippen LogP contribution in [0.5, 0.6) is 0 Å². The van der Waals surface area contributed by atoms with Crippen LogP contribution in [-0.4, -0.2) is 39.9 Å². The van der Waals surface area contributed by atoms with Crippen molar-refractivity contribution in [2.75, 3.05) is 5.73 Å². The van der Waals surface area contributed by atoms with Gasteiger partial charge < -0.3 is 21.3 Å². The van der Waals surface area contributed by atoms with Crippen molar-refractivity contribution >= 4 is 28.5 Å². The van der Waals surface area contributed by atoms with Gasteiger partial charge in [0, 0.05) is 31.2 Å². The summed E-state index contributed by atoms with van der Waals surface area (Å²) in [5, 5.41) is 8.28. The molecule has 0 saturated heterocycles. The molecule has 36 heavy (non-hydrogen) atoms. The monoisotopic (exact) mass is 487 g/mol. The van der Waals surface area contributed by atoms with Crippen molar-refractivity contribution in [2.45, 2.75) is 77.0 Å². The van der Waals surface area contributed by atoms with E-state index in [1.807, 2.05) is 49.1 Å². The smallest absolute Gasteiger partial charge is 0.318 e. The molecule has 1 aliphatic carbocycles. The number of hydrogen-bond acceptors (Lipinski definition) is 4. The molecule has 1 unspecified atom stereocenters. The Hall–Kier alpha value is -3.61. The lowest BCUT2D eigenvalue weighted by Crippen LogP contribution is -2.56. The Bertz CT molecular complexity index is 1170. The average Bonchev–Trinajstić information content (AvgIpc) is 2.88. The summed E-state index contributed by atoms with van der Waals surface area (Å²) in [5.74, 6) is 0.211. The molecule has 0 radical (unpaired) electrons. The maximum atomic E-state index is 13.6. The number of nitrogen functional groups attached to an aromatic ring is 1. The van der Waals surface area contributed by atoms with Gasteiger partial charge in [0.2, 0.25) is 5.91 Å². The summed E-state index contributed by atoms with van der Waals surface area (Å²) >= 11 is 0. The Morgan fingerprint density at radius 3 is 2.50 bits per heavy atom. The number of benzene rings is 2. The van der Waals surface area contributed by atoms with Crippen molar-refractivity contribution in [3.8, 4) is 0 Å². The quantitative estimate of drug-likeness (QED) is 0.425. The molecular weight excluding hydrogens is 450 g/mol. The van der Waals surface area contributed by atoms with Crippen molar-refractivity contribution < 1.29 is 9.59 Å². The summed E-state index contributed by atoms with van der Waals surface area (Å²) < 4.78 is 0. The van der Waals surface area contributed by atoms with Crippen LogP contribution < -0.4 is 16.4 Å². The third kappa shape index (κ3) is 6.33. The highest BCUT2D eigenvalue weighted by Crippen LogP contribution is 2.25. The Balaban J connectivity index is 1.55. The fourth-order valence-corrected chi connectivity index (χ4v) is 5.16. The molecule has 1 heterocycles. The summed E-state index contributed by atoms with van der Waals surface area (Å²) in [6.45, 7) is 4.40. The number of amides is 3. The van der Waals surface area contributed by atoms with E-state index in [9.17, 15) is 9.59 Å². The van der Waals surface area contributed by atoms with Crippen LogP contribution in [-0.2, 0) is 17.8 Å². The third-order valence-electron chi connectivity index (χ3n) is 6.99. The lowest BCUT2D eigenvalue weighted by Gasteiger charge is -2.38. The zero-order valence-corrected chi connectivity index (χ0v) is 21.2. The van der Waals surface area contributed by atoms with Crippen molar-refractivity contribution in [3.63, 3.8) is 0 Å². The largest absolute Gasteiger partial charge is 0.384 e. The minimum atomic E-state index is -0.713. The lowest BCUT2D eigenvalue weighted by atomic mass is 9.93. The van der Waals surface area contributed by atoms with E-state index in [1.54, 1.807) is 12.3 Å². The van der Waals surface area contributed by atoms with Crippen LogP contribution in [0.25, 0.3) is 10.8 Å². The van der Waals surface area contributed by atoms with E-state index in [0.29, 0.717) is 18.8 Å². The molecule has 1 aromatic heterocycles. The molecule has 3 amide bonds. The second kappa shape index (κ2) is 11.9. The summed E-state index contributed by atoms with van der Waals surface area (Å²) in [6, 6.07) is 17.1. The standard InChI is InChI=1S/C29H37N5O2/c1-20(2)34(24-12-4-3-5-13-24)29(36)33-26(28(35)32-19-21-15-16-27(30)31-18-21)17-23-11-8-10-22-9-6-7-14-25(22)23/h6-11,14-16,18,20,24,26H,3-5,12-13,17,19H2,1-2H3,(H2,30,31)(H,32,35)(H,33,36). The summed E-state index contributed by atoms with van der Waals surface area (Å²) in [7, 11) is 0. The maximum absolute atomic E-state index is 13.6. The number of rotatable bonds is 8. The fraction of sp³-hybridized carbons (Fsp3) is 0.414. The number of nitrogens with one attached hydrogen (secondary N) is 2. The first-order valence-corrected chi connectivity index (χ1v) is 13.0. The van der Waals surface area contributed by atoms with E-state index in [0.717, 1.165) is 47.6 Å². The van der Waals surface area contributed by atoms with E-state index in [1.165, 1.54) is 6.42 Å². The van der Waals surface area contributed by atoms with Crippen molar-refractivity contribution in [1.82, 2.24) is 20.5 Å². The second-order valence-corrected chi connectivity index (χ2v) is 9.95. The van der Waals surface area contributed by atoms with E-state index < -0.39 is 6.04 Å². The zero-order valence-electron chi connectivity index (χ0n) is 21.2. The molecule has 7 heteroatoms. The average molecular weight is 488 g/mol. The van der Waals surface area contributed by atoms with Gasteiger partial charge in [-0.05, 0) is 54.7 Å². The minimum absolute atomic E-state index is 0.0511. The molecular formula is C29H37N5O2. The van der Waals surface area contributed by atoms with Crippen LogP contribution in [0.15, 0.2) is 60.8 Å². The first-order chi connectivity index (χ1) is 17.4. The first kappa shape index (κ1) is 25.5. The fourth-order valence-electron chi connectivity index (χ4n) is 5.16. The number of pyridine rings is 1. The number of anilines is 1. The SMILES string of the molecule is CC(C)N(C(=O)NC(Cc1cccc2ccccc12)C(=O)NCc1ccc(N)nc1)C1CCCCC1. The number of hydrogen-bond donors (Lipinski definition) is 3. The first-order valence-electron chi connectivity index (χ1n) is 13.0. The van der Waals surface area contributed by atoms with Gasteiger partial charge in [-0.15, -0.1) is 0 Å². The van der Waals surface area contributed by atoms with Gasteiger partial charge in [0.15, 0.2) is 0 Å². The highest BCUT2D eigenvalue weighted by Gasteiger charge is 2.31. The summed E-state index contributed by atoms with van der Waals surface area (Å²) in [4.78, 5) is 33.0. The zero-order chi connectivity index (χ0) is 25.5. The molecule has 0 aliphatic heterocycles. The Morgan fingerprint density at radius 1 is 1.03 bits per heavy atom. The Morgan fingerprint density at radius 2 is 1.78 bits per heavy atom. The molecule has 4 rings (SSSR count). The molecule has 7 nitrogen and oxygen atoms in total. The van der Waals surface area contributed by atoms with Gasteiger partial charge >= 0.3 is 6.03 Å². The summed E-state index contributed by atoms with van der Waals surface area (Å²) in [5.41, 5.74) is 7.55. The molecule has 3 aromatic rings. The van der Waals surface area contributed by atoms with Crippen LogP contribution in [0.1, 0.15) is 57.1 Å². The van der Waals surface area contributed by atoms with Gasteiger partial charge in [-0.3, -0.25) is 4.79 Å². The van der Waals surface area contributed by atoms with Crippen LogP contribution in [0.2, 0.25) is 0 Å². The normalized spacial score (nSPS) is 15.0. The highest BCUT2D eigenvalue weighted by molar-refractivity contribution is 5.90. The van der Waals surface area contributed by atoms with Crippen LogP contribution in [0, 0.1) is 0 Å². The van der Waals surface area contributed by atoms with Gasteiger partial charge in [0.1, 0.15) is 11.9 Å². The number of aromatic nitrogens is 1. The van der Waals surface area contributed by atoms with Crippen molar-refractivity contribution in [1.29, 1.82) is 0 Å². The van der Waals surface area contributed by atoms with Crippen molar-refractivity contribution in [3.05, 3.63) is 71.9 Å². The van der Waals surface area contributed by atoms with Crippen LogP contribution in [0.4, 0.5) is 10.6 Å². The number of nitrogens with zero attached hydrogens (tertiary/aromatic N) is 2. The molecule has 0 spiro atoms. The third-order valence-corrected chi connectivity index (χ3v) is 6.99. The predicted octanol–water partition coefficient (Wildman–Crippen LogP) is 4.80. The maximum Gasteiger partial charge on any atom is 0.318 e. The summed E-state index contributed by atoms with van der Waals surface area (Å²) in [6.07, 6.45) is 7.56. The van der Waals surface area contributed by atoms with Crippen LogP contribution in [0.3, 0.4) is 0 Å². The molecule has 0 bridgehead atoms. The number of carbonyl (C=O) groups is 2. The molecule has 4 N–H and O–H groups in total. The molecule has 1 saturated carbocycles. The van der Waals surface area contributed by atoms with E-state index in [-0.39, 0.29) is 24.0 Å². The number of urea groups is 1. The molecule has 1 fully saturated rings. The lowest BCUT2D eigenvalue weighted by molar-refractivity contribution is -0.123. The second-order valence-electron chi connectivity index (χ2n) is 9.95. The Kier molecular flexibility index (Phi) is 8.41. The number of fused-ring (bicyclic) bond motifs is 1. The van der Waals surface area contributed by atoms with Gasteiger partial charge in [-0.25, -0.2) is 9.78 Å². The van der Waals surface area contributed by atoms with E-state index in [4.69, 9.17) is 5.73 Å². The number of nitrogens with two attached hydrogens (primary N) is 1. The Labute approximate surface area is 213 Å². The van der Waals surface area contributed by atoms with Gasteiger partial charge in [0.05, 0.1) is 0 Å². The molecule has 2 aromatic carbocycles. The molecule has 190 valence electrons. The predicted molar refractivity (Wildman–Crippen MR) is 144 cm³/mol. The van der Waals surface area contributed by atoms with Gasteiger partial charge in [-0.2, -0.15) is 0 Å². The molecule has 1 atom stereocenters.